The van der Waals surface area contributed by atoms with Crippen LogP contribution in [-0.2, 0) is 22.5 Å². The molecule has 6 heteroatoms. The molecule has 0 aliphatic carbocycles. The number of amides is 2. The summed E-state index contributed by atoms with van der Waals surface area (Å²) in [5.41, 5.74) is 0.484. The van der Waals surface area contributed by atoms with Gasteiger partial charge < -0.3 is 19.0 Å². The van der Waals surface area contributed by atoms with E-state index >= 15 is 0 Å². The van der Waals surface area contributed by atoms with Crippen LogP contribution in [-0.4, -0.2) is 46.5 Å². The van der Waals surface area contributed by atoms with Crippen molar-refractivity contribution in [3.63, 3.8) is 0 Å². The molecule has 2 aromatic rings. The standard InChI is InChI=1S/C24H32N2O4/c1-18-10-11-21(29-18)17-26(22(27)16-19-8-6-5-7-9-19)20-12-14-25(15-13-20)23(28)30-24(2,3)4/h5-11,20H,12-17H2,1-4H3. The molecule has 1 aromatic heterocycles. The lowest BCUT2D eigenvalue weighted by Gasteiger charge is -2.38. The van der Waals surface area contributed by atoms with Crippen LogP contribution >= 0.6 is 0 Å². The fraction of sp³-hybridized carbons (Fsp3) is 0.500. The van der Waals surface area contributed by atoms with Gasteiger partial charge in [0.2, 0.25) is 5.91 Å². The van der Waals surface area contributed by atoms with Crippen molar-refractivity contribution in [2.24, 2.45) is 0 Å². The molecule has 1 aliphatic rings. The first-order valence-corrected chi connectivity index (χ1v) is 10.6. The van der Waals surface area contributed by atoms with Crippen molar-refractivity contribution in [1.82, 2.24) is 9.80 Å². The van der Waals surface area contributed by atoms with E-state index in [1.54, 1.807) is 4.90 Å². The van der Waals surface area contributed by atoms with Crippen molar-refractivity contribution in [3.8, 4) is 0 Å². The lowest BCUT2D eigenvalue weighted by molar-refractivity contribution is -0.134. The largest absolute Gasteiger partial charge is 0.464 e. The summed E-state index contributed by atoms with van der Waals surface area (Å²) in [7, 11) is 0. The summed E-state index contributed by atoms with van der Waals surface area (Å²) in [6.45, 7) is 9.10. The van der Waals surface area contributed by atoms with E-state index in [4.69, 9.17) is 9.15 Å². The first kappa shape index (κ1) is 21.9. The Morgan fingerprint density at radius 2 is 1.77 bits per heavy atom. The predicted octanol–water partition coefficient (Wildman–Crippen LogP) is 4.56. The third-order valence-electron chi connectivity index (χ3n) is 5.20. The molecule has 0 N–H and O–H groups in total. The lowest BCUT2D eigenvalue weighted by atomic mass is 10.0. The number of ether oxygens (including phenoxy) is 1. The van der Waals surface area contributed by atoms with Gasteiger partial charge in [-0.3, -0.25) is 4.79 Å². The van der Waals surface area contributed by atoms with Gasteiger partial charge in [-0.15, -0.1) is 0 Å². The molecule has 162 valence electrons. The summed E-state index contributed by atoms with van der Waals surface area (Å²) in [6.07, 6.45) is 1.51. The molecule has 30 heavy (non-hydrogen) atoms. The second-order valence-electron chi connectivity index (χ2n) is 8.89. The Kier molecular flexibility index (Phi) is 6.85. The van der Waals surface area contributed by atoms with Crippen molar-refractivity contribution in [1.29, 1.82) is 0 Å². The fourth-order valence-electron chi connectivity index (χ4n) is 3.72. The average molecular weight is 413 g/mol. The van der Waals surface area contributed by atoms with E-state index in [1.165, 1.54) is 0 Å². The summed E-state index contributed by atoms with van der Waals surface area (Å²) in [5, 5.41) is 0. The smallest absolute Gasteiger partial charge is 0.410 e. The van der Waals surface area contributed by atoms with Gasteiger partial charge in [-0.05, 0) is 58.2 Å². The number of hydrogen-bond donors (Lipinski definition) is 0. The number of benzene rings is 1. The topological polar surface area (TPSA) is 63.0 Å². The van der Waals surface area contributed by atoms with E-state index in [-0.39, 0.29) is 18.0 Å². The number of carbonyl (C=O) groups excluding carboxylic acids is 2. The third kappa shape index (κ3) is 6.12. The van der Waals surface area contributed by atoms with Crippen LogP contribution in [0.2, 0.25) is 0 Å². The average Bonchev–Trinajstić information content (AvgIpc) is 3.10. The molecule has 2 heterocycles. The highest BCUT2D eigenvalue weighted by Gasteiger charge is 2.32. The predicted molar refractivity (Wildman–Crippen MR) is 115 cm³/mol. The van der Waals surface area contributed by atoms with Crippen LogP contribution in [0.5, 0.6) is 0 Å². The molecule has 0 radical (unpaired) electrons. The second-order valence-corrected chi connectivity index (χ2v) is 8.89. The lowest BCUT2D eigenvalue weighted by Crippen LogP contribution is -2.49. The van der Waals surface area contributed by atoms with Crippen molar-refractivity contribution >= 4 is 12.0 Å². The quantitative estimate of drug-likeness (QED) is 0.722. The number of furan rings is 1. The Bertz CT molecular complexity index is 846. The van der Waals surface area contributed by atoms with Gasteiger partial charge in [-0.2, -0.15) is 0 Å². The van der Waals surface area contributed by atoms with E-state index in [2.05, 4.69) is 0 Å². The van der Waals surface area contributed by atoms with Crippen molar-refractivity contribution < 1.29 is 18.7 Å². The molecular formula is C24H32N2O4. The van der Waals surface area contributed by atoms with Gasteiger partial charge in [0.05, 0.1) is 13.0 Å². The highest BCUT2D eigenvalue weighted by atomic mass is 16.6. The Morgan fingerprint density at radius 1 is 1.10 bits per heavy atom. The van der Waals surface area contributed by atoms with Gasteiger partial charge in [0.25, 0.3) is 0 Å². The molecule has 0 saturated carbocycles. The summed E-state index contributed by atoms with van der Waals surface area (Å²) in [5.74, 6) is 1.69. The van der Waals surface area contributed by atoms with Gasteiger partial charge in [0.15, 0.2) is 0 Å². The monoisotopic (exact) mass is 412 g/mol. The van der Waals surface area contributed by atoms with Crippen LogP contribution in [0, 0.1) is 6.92 Å². The number of likely N-dealkylation sites (tertiary alicyclic amines) is 1. The maximum absolute atomic E-state index is 13.2. The normalized spacial score (nSPS) is 15.1. The summed E-state index contributed by atoms with van der Waals surface area (Å²) >= 11 is 0. The SMILES string of the molecule is Cc1ccc(CN(C(=O)Cc2ccccc2)C2CCN(C(=O)OC(C)(C)C)CC2)o1. The van der Waals surface area contributed by atoms with E-state index in [1.807, 2.05) is 75.1 Å². The fourth-order valence-corrected chi connectivity index (χ4v) is 3.72. The van der Waals surface area contributed by atoms with Crippen LogP contribution in [0.3, 0.4) is 0 Å². The Labute approximate surface area is 178 Å². The van der Waals surface area contributed by atoms with Gasteiger partial charge in [0.1, 0.15) is 17.1 Å². The van der Waals surface area contributed by atoms with Crippen LogP contribution < -0.4 is 0 Å². The third-order valence-corrected chi connectivity index (χ3v) is 5.20. The van der Waals surface area contributed by atoms with Crippen LogP contribution in [0.1, 0.15) is 50.7 Å². The highest BCUT2D eigenvalue weighted by molar-refractivity contribution is 5.79. The maximum atomic E-state index is 13.2. The molecule has 3 rings (SSSR count). The van der Waals surface area contributed by atoms with Crippen LogP contribution in [0.15, 0.2) is 46.9 Å². The molecule has 0 spiro atoms. The zero-order chi connectivity index (χ0) is 21.7. The van der Waals surface area contributed by atoms with E-state index < -0.39 is 5.60 Å². The maximum Gasteiger partial charge on any atom is 0.410 e. The highest BCUT2D eigenvalue weighted by Crippen LogP contribution is 2.23. The molecule has 2 amide bonds. The minimum atomic E-state index is -0.511. The summed E-state index contributed by atoms with van der Waals surface area (Å²) in [6, 6.07) is 13.7. The molecule has 0 bridgehead atoms. The summed E-state index contributed by atoms with van der Waals surface area (Å²) in [4.78, 5) is 29.2. The van der Waals surface area contributed by atoms with E-state index in [0.717, 1.165) is 29.9 Å². The molecule has 1 fully saturated rings. The van der Waals surface area contributed by atoms with E-state index in [0.29, 0.717) is 26.1 Å². The van der Waals surface area contributed by atoms with Gasteiger partial charge in [-0.1, -0.05) is 30.3 Å². The minimum Gasteiger partial charge on any atom is -0.464 e. The number of hydrogen-bond acceptors (Lipinski definition) is 4. The Balaban J connectivity index is 1.68. The number of nitrogens with zero attached hydrogens (tertiary/aromatic N) is 2. The number of rotatable bonds is 5. The molecule has 0 atom stereocenters. The Hall–Kier alpha value is -2.76. The van der Waals surface area contributed by atoms with Gasteiger partial charge in [-0.25, -0.2) is 4.79 Å². The number of carbonyl (C=O) groups is 2. The zero-order valence-corrected chi connectivity index (χ0v) is 18.4. The molecule has 0 unspecified atom stereocenters. The van der Waals surface area contributed by atoms with Gasteiger partial charge >= 0.3 is 6.09 Å². The van der Waals surface area contributed by atoms with Crippen molar-refractivity contribution in [2.45, 2.75) is 65.1 Å². The molecule has 1 saturated heterocycles. The Morgan fingerprint density at radius 3 is 2.33 bits per heavy atom. The van der Waals surface area contributed by atoms with Crippen LogP contribution in [0.25, 0.3) is 0 Å². The first-order chi connectivity index (χ1) is 14.2. The van der Waals surface area contributed by atoms with Gasteiger partial charge in [0, 0.05) is 19.1 Å². The van der Waals surface area contributed by atoms with Crippen LogP contribution in [0.4, 0.5) is 4.79 Å². The summed E-state index contributed by atoms with van der Waals surface area (Å²) < 4.78 is 11.2. The van der Waals surface area contributed by atoms with Crippen molar-refractivity contribution in [2.75, 3.05) is 13.1 Å². The van der Waals surface area contributed by atoms with Crippen molar-refractivity contribution in [3.05, 3.63) is 59.5 Å². The molecule has 1 aromatic carbocycles. The number of aryl methyl sites for hydroxylation is 1. The second kappa shape index (κ2) is 9.37. The molecule has 1 aliphatic heterocycles. The molecule has 6 nitrogen and oxygen atoms in total. The first-order valence-electron chi connectivity index (χ1n) is 10.6. The number of piperidine rings is 1. The van der Waals surface area contributed by atoms with E-state index in [9.17, 15) is 9.59 Å². The zero-order valence-electron chi connectivity index (χ0n) is 18.4. The minimum absolute atomic E-state index is 0.0605. The molecular weight excluding hydrogens is 380 g/mol.